The number of fused-ring (bicyclic) bond motifs is 1. The predicted octanol–water partition coefficient (Wildman–Crippen LogP) is 2.82. The van der Waals surface area contributed by atoms with E-state index in [1.54, 1.807) is 42.5 Å². The summed E-state index contributed by atoms with van der Waals surface area (Å²) in [5.74, 6) is -0.775. The van der Waals surface area contributed by atoms with Crippen molar-refractivity contribution in [1.29, 1.82) is 0 Å². The Hall–Kier alpha value is -4.01. The van der Waals surface area contributed by atoms with Crippen molar-refractivity contribution in [1.82, 2.24) is 20.4 Å². The van der Waals surface area contributed by atoms with Crippen LogP contribution in [0.2, 0.25) is 0 Å². The number of hydrogen-bond donors (Lipinski definition) is 3. The average Bonchev–Trinajstić information content (AvgIpc) is 3.56. The number of carbonyl (C=O) groups is 3. The largest absolute Gasteiger partial charge is 0.355 e. The number of aromatic amines is 1. The van der Waals surface area contributed by atoms with Crippen LogP contribution < -0.4 is 10.6 Å². The third-order valence-electron chi connectivity index (χ3n) is 6.13. The summed E-state index contributed by atoms with van der Waals surface area (Å²) in [7, 11) is 0. The van der Waals surface area contributed by atoms with Crippen LogP contribution >= 0.6 is 0 Å². The number of carbonyl (C=O) groups excluding carboxylic acids is 3. The normalized spacial score (nSPS) is 18.0. The maximum atomic E-state index is 14.7. The molecule has 3 aromatic rings. The van der Waals surface area contributed by atoms with Gasteiger partial charge in [-0.15, -0.1) is 0 Å². The van der Waals surface area contributed by atoms with E-state index in [2.05, 4.69) is 20.8 Å². The third-order valence-corrected chi connectivity index (χ3v) is 6.13. The SMILES string of the molecule is O=C1CC(c2ccccc2C(=O)Nc2n[nH]c3c2CN(C(=O)C(F)c2ccccc2)C3)CN1. The number of halogens is 1. The molecule has 2 aliphatic rings. The summed E-state index contributed by atoms with van der Waals surface area (Å²) in [6.07, 6.45) is -1.42. The van der Waals surface area contributed by atoms with Crippen LogP contribution in [0, 0.1) is 0 Å². The van der Waals surface area contributed by atoms with E-state index >= 15 is 0 Å². The highest BCUT2D eigenvalue weighted by molar-refractivity contribution is 6.05. The molecule has 5 rings (SSSR count). The Bertz CT molecular complexity index is 1230. The van der Waals surface area contributed by atoms with Crippen molar-refractivity contribution in [2.75, 3.05) is 11.9 Å². The summed E-state index contributed by atoms with van der Waals surface area (Å²) in [6, 6.07) is 15.5. The number of hydrogen-bond acceptors (Lipinski definition) is 4. The minimum absolute atomic E-state index is 0.0354. The molecule has 2 unspecified atom stereocenters. The van der Waals surface area contributed by atoms with E-state index in [1.807, 2.05) is 12.1 Å². The van der Waals surface area contributed by atoms with E-state index in [9.17, 15) is 18.8 Å². The average molecular weight is 447 g/mol. The lowest BCUT2D eigenvalue weighted by Crippen LogP contribution is -2.29. The number of benzene rings is 2. The first-order valence-corrected chi connectivity index (χ1v) is 10.7. The van der Waals surface area contributed by atoms with Crippen LogP contribution in [0.5, 0.6) is 0 Å². The van der Waals surface area contributed by atoms with Gasteiger partial charge in [-0.1, -0.05) is 48.5 Å². The molecule has 9 heteroatoms. The molecule has 0 saturated carbocycles. The molecule has 1 saturated heterocycles. The maximum Gasteiger partial charge on any atom is 0.262 e. The van der Waals surface area contributed by atoms with Gasteiger partial charge in [0.05, 0.1) is 18.8 Å². The van der Waals surface area contributed by atoms with Crippen molar-refractivity contribution in [2.24, 2.45) is 0 Å². The number of aromatic nitrogens is 2. The van der Waals surface area contributed by atoms with Crippen LogP contribution in [0.15, 0.2) is 54.6 Å². The quantitative estimate of drug-likeness (QED) is 0.559. The summed E-state index contributed by atoms with van der Waals surface area (Å²) in [6.45, 7) is 0.830. The molecule has 2 aromatic carbocycles. The molecule has 3 N–H and O–H groups in total. The number of H-pyrrole nitrogens is 1. The second-order valence-corrected chi connectivity index (χ2v) is 8.24. The van der Waals surface area contributed by atoms with Crippen LogP contribution in [0.25, 0.3) is 0 Å². The van der Waals surface area contributed by atoms with E-state index in [-0.39, 0.29) is 30.8 Å². The first-order valence-electron chi connectivity index (χ1n) is 10.7. The molecule has 1 aromatic heterocycles. The lowest BCUT2D eigenvalue weighted by molar-refractivity contribution is -0.137. The Labute approximate surface area is 189 Å². The fourth-order valence-electron chi connectivity index (χ4n) is 4.38. The van der Waals surface area contributed by atoms with Crippen molar-refractivity contribution < 1.29 is 18.8 Å². The fraction of sp³-hybridized carbons (Fsp3) is 0.250. The number of amides is 3. The van der Waals surface area contributed by atoms with Gasteiger partial charge in [0.1, 0.15) is 0 Å². The van der Waals surface area contributed by atoms with Gasteiger partial charge in [0.2, 0.25) is 12.1 Å². The van der Waals surface area contributed by atoms with Gasteiger partial charge < -0.3 is 15.5 Å². The highest BCUT2D eigenvalue weighted by Crippen LogP contribution is 2.32. The Morgan fingerprint density at radius 2 is 1.85 bits per heavy atom. The van der Waals surface area contributed by atoms with Gasteiger partial charge in [-0.2, -0.15) is 5.10 Å². The maximum absolute atomic E-state index is 14.7. The third kappa shape index (κ3) is 3.97. The number of nitrogens with one attached hydrogen (secondary N) is 3. The van der Waals surface area contributed by atoms with Gasteiger partial charge in [0.15, 0.2) is 5.82 Å². The molecule has 0 aliphatic carbocycles. The molecule has 0 radical (unpaired) electrons. The summed E-state index contributed by atoms with van der Waals surface area (Å²) in [4.78, 5) is 38.8. The van der Waals surface area contributed by atoms with E-state index < -0.39 is 12.1 Å². The predicted molar refractivity (Wildman–Crippen MR) is 118 cm³/mol. The molecule has 2 aliphatic heterocycles. The van der Waals surface area contributed by atoms with Crippen LogP contribution in [-0.2, 0) is 22.7 Å². The molecular formula is C24H22FN5O3. The van der Waals surface area contributed by atoms with Gasteiger partial charge in [-0.3, -0.25) is 19.5 Å². The van der Waals surface area contributed by atoms with Crippen molar-refractivity contribution in [3.63, 3.8) is 0 Å². The van der Waals surface area contributed by atoms with Gasteiger partial charge in [-0.05, 0) is 17.2 Å². The van der Waals surface area contributed by atoms with Crippen molar-refractivity contribution in [3.05, 3.63) is 82.5 Å². The van der Waals surface area contributed by atoms with Gasteiger partial charge in [0, 0.05) is 30.0 Å². The zero-order valence-corrected chi connectivity index (χ0v) is 17.7. The number of rotatable bonds is 5. The molecular weight excluding hydrogens is 425 g/mol. The number of alkyl halides is 1. The molecule has 168 valence electrons. The van der Waals surface area contributed by atoms with E-state index in [1.165, 1.54) is 4.90 Å². The molecule has 0 bridgehead atoms. The smallest absolute Gasteiger partial charge is 0.262 e. The van der Waals surface area contributed by atoms with Gasteiger partial charge in [-0.25, -0.2) is 4.39 Å². The topological polar surface area (TPSA) is 107 Å². The zero-order valence-electron chi connectivity index (χ0n) is 17.7. The number of anilines is 1. The van der Waals surface area contributed by atoms with Crippen LogP contribution in [0.4, 0.5) is 10.2 Å². The lowest BCUT2D eigenvalue weighted by Gasteiger charge is -2.19. The second kappa shape index (κ2) is 8.50. The Kier molecular flexibility index (Phi) is 5.37. The second-order valence-electron chi connectivity index (χ2n) is 8.24. The molecule has 3 heterocycles. The Balaban J connectivity index is 1.31. The monoisotopic (exact) mass is 447 g/mol. The minimum Gasteiger partial charge on any atom is -0.355 e. The van der Waals surface area contributed by atoms with E-state index in [0.717, 1.165) is 5.56 Å². The van der Waals surface area contributed by atoms with E-state index in [4.69, 9.17) is 0 Å². The first-order chi connectivity index (χ1) is 16.0. The standard InChI is InChI=1S/C24H22FN5O3/c25-21(14-6-2-1-3-7-14)24(33)30-12-18-19(13-30)28-29-22(18)27-23(32)17-9-5-4-8-16(17)15-10-20(31)26-11-15/h1-9,15,21H,10-13H2,(H,26,31)(H2,27,28,29,32). The van der Waals surface area contributed by atoms with Gasteiger partial charge >= 0.3 is 0 Å². The molecule has 3 amide bonds. The van der Waals surface area contributed by atoms with Crippen molar-refractivity contribution in [3.8, 4) is 0 Å². The van der Waals surface area contributed by atoms with Crippen molar-refractivity contribution >= 4 is 23.5 Å². The van der Waals surface area contributed by atoms with E-state index in [0.29, 0.717) is 41.2 Å². The number of nitrogens with zero attached hydrogens (tertiary/aromatic N) is 2. The summed E-state index contributed by atoms with van der Waals surface area (Å²) < 4.78 is 14.7. The highest BCUT2D eigenvalue weighted by Gasteiger charge is 2.34. The fourth-order valence-corrected chi connectivity index (χ4v) is 4.38. The van der Waals surface area contributed by atoms with Crippen LogP contribution in [0.1, 0.15) is 51.3 Å². The summed E-state index contributed by atoms with van der Waals surface area (Å²) in [5, 5.41) is 12.6. The molecule has 2 atom stereocenters. The van der Waals surface area contributed by atoms with Crippen LogP contribution in [-0.4, -0.2) is 39.4 Å². The van der Waals surface area contributed by atoms with Gasteiger partial charge in [0.25, 0.3) is 11.8 Å². The molecule has 8 nitrogen and oxygen atoms in total. The van der Waals surface area contributed by atoms with Crippen LogP contribution in [0.3, 0.4) is 0 Å². The Morgan fingerprint density at radius 1 is 1.09 bits per heavy atom. The summed E-state index contributed by atoms with van der Waals surface area (Å²) >= 11 is 0. The summed E-state index contributed by atoms with van der Waals surface area (Å²) in [5.41, 5.74) is 2.89. The lowest BCUT2D eigenvalue weighted by atomic mass is 9.93. The zero-order chi connectivity index (χ0) is 22.9. The highest BCUT2D eigenvalue weighted by atomic mass is 19.1. The molecule has 0 spiro atoms. The first kappa shape index (κ1) is 20.9. The Morgan fingerprint density at radius 3 is 2.61 bits per heavy atom. The van der Waals surface area contributed by atoms with Crippen molar-refractivity contribution in [2.45, 2.75) is 31.6 Å². The molecule has 1 fully saturated rings. The molecule has 33 heavy (non-hydrogen) atoms. The minimum atomic E-state index is -1.75.